The summed E-state index contributed by atoms with van der Waals surface area (Å²) in [6.07, 6.45) is 0.945. The van der Waals surface area contributed by atoms with Gasteiger partial charge >= 0.3 is 0 Å². The third kappa shape index (κ3) is 3.53. The molecular formula is C15H22ClN5. The maximum atomic E-state index is 6.10. The van der Waals surface area contributed by atoms with E-state index >= 15 is 0 Å². The number of nitrogens with zero attached hydrogens (tertiary/aromatic N) is 4. The summed E-state index contributed by atoms with van der Waals surface area (Å²) in [6.45, 7) is 10.9. The highest BCUT2D eigenvalue weighted by molar-refractivity contribution is 6.33. The number of hydrogen-bond donors (Lipinski definition) is 1. The van der Waals surface area contributed by atoms with Gasteiger partial charge in [-0.1, -0.05) is 32.4 Å². The molecule has 2 aromatic rings. The minimum absolute atomic E-state index is 0.172. The molecule has 0 unspecified atom stereocenters. The largest absolute Gasteiger partial charge is 0.398 e. The van der Waals surface area contributed by atoms with E-state index in [1.165, 1.54) is 0 Å². The summed E-state index contributed by atoms with van der Waals surface area (Å²) >= 11 is 6.10. The summed E-state index contributed by atoms with van der Waals surface area (Å²) in [4.78, 5) is 0. The maximum Gasteiger partial charge on any atom is 0.182 e. The second kappa shape index (κ2) is 5.30. The highest BCUT2D eigenvalue weighted by Gasteiger charge is 2.31. The summed E-state index contributed by atoms with van der Waals surface area (Å²) in [5.74, 6) is 0.700. The van der Waals surface area contributed by atoms with E-state index in [0.29, 0.717) is 16.5 Å². The van der Waals surface area contributed by atoms with Crippen LogP contribution in [0, 0.1) is 5.41 Å². The zero-order valence-corrected chi connectivity index (χ0v) is 13.9. The number of hydrogen-bond acceptors (Lipinski definition) is 4. The Morgan fingerprint density at radius 3 is 2.43 bits per heavy atom. The lowest BCUT2D eigenvalue weighted by molar-refractivity contribution is 0.197. The van der Waals surface area contributed by atoms with Crippen LogP contribution in [0.25, 0.3) is 11.4 Å². The van der Waals surface area contributed by atoms with Gasteiger partial charge in [-0.3, -0.25) is 0 Å². The summed E-state index contributed by atoms with van der Waals surface area (Å²) in [5, 5.41) is 12.7. The molecule has 5 nitrogen and oxygen atoms in total. The first kappa shape index (κ1) is 15.8. The second-order valence-corrected chi connectivity index (χ2v) is 7.61. The van der Waals surface area contributed by atoms with Gasteiger partial charge in [0.15, 0.2) is 5.82 Å². The molecule has 0 saturated carbocycles. The van der Waals surface area contributed by atoms with Gasteiger partial charge in [-0.05, 0) is 54.3 Å². The molecule has 2 N–H and O–H groups in total. The molecular weight excluding hydrogens is 286 g/mol. The number of halogens is 1. The van der Waals surface area contributed by atoms with Gasteiger partial charge in [0.1, 0.15) is 0 Å². The first-order chi connectivity index (χ1) is 9.60. The molecule has 0 atom stereocenters. The predicted molar refractivity (Wildman–Crippen MR) is 86.1 cm³/mol. The van der Waals surface area contributed by atoms with Crippen molar-refractivity contribution in [3.63, 3.8) is 0 Å². The molecule has 0 aliphatic rings. The van der Waals surface area contributed by atoms with Crippen molar-refractivity contribution in [1.29, 1.82) is 0 Å². The fraction of sp³-hybridized carbons (Fsp3) is 0.533. The summed E-state index contributed by atoms with van der Waals surface area (Å²) < 4.78 is 1.86. The monoisotopic (exact) mass is 307 g/mol. The van der Waals surface area contributed by atoms with Gasteiger partial charge in [0.2, 0.25) is 0 Å². The normalized spacial score (nSPS) is 12.7. The Balaban J connectivity index is 2.45. The van der Waals surface area contributed by atoms with Crippen molar-refractivity contribution in [3.8, 4) is 11.4 Å². The maximum absolute atomic E-state index is 6.10. The number of aromatic nitrogens is 4. The second-order valence-electron chi connectivity index (χ2n) is 7.20. The number of rotatable bonds is 3. The lowest BCUT2D eigenvalue weighted by Crippen LogP contribution is -2.33. The van der Waals surface area contributed by atoms with Crippen LogP contribution in [0.5, 0.6) is 0 Å². The molecule has 6 heteroatoms. The zero-order valence-electron chi connectivity index (χ0n) is 13.2. The standard InChI is InChI=1S/C15H22ClN5/c1-14(2,3)9-15(4,5)21-13(18-19-20-21)10-6-7-12(17)11(16)8-10/h6-8H,9,17H2,1-5H3. The topological polar surface area (TPSA) is 69.6 Å². The minimum atomic E-state index is -0.203. The van der Waals surface area contributed by atoms with Crippen molar-refractivity contribution in [2.75, 3.05) is 5.73 Å². The first-order valence-electron chi connectivity index (χ1n) is 6.94. The third-order valence-electron chi connectivity index (χ3n) is 3.26. The lowest BCUT2D eigenvalue weighted by atomic mass is 9.82. The van der Waals surface area contributed by atoms with E-state index in [0.717, 1.165) is 12.0 Å². The molecule has 21 heavy (non-hydrogen) atoms. The van der Waals surface area contributed by atoms with Crippen molar-refractivity contribution in [2.24, 2.45) is 5.41 Å². The number of benzene rings is 1. The van der Waals surface area contributed by atoms with E-state index in [-0.39, 0.29) is 11.0 Å². The van der Waals surface area contributed by atoms with Crippen molar-refractivity contribution < 1.29 is 0 Å². The van der Waals surface area contributed by atoms with Gasteiger partial charge in [-0.15, -0.1) is 5.10 Å². The van der Waals surface area contributed by atoms with E-state index < -0.39 is 0 Å². The van der Waals surface area contributed by atoms with E-state index in [9.17, 15) is 0 Å². The highest BCUT2D eigenvalue weighted by atomic mass is 35.5. The number of nitrogens with two attached hydrogens (primary N) is 1. The smallest absolute Gasteiger partial charge is 0.182 e. The SMILES string of the molecule is CC(C)(C)CC(C)(C)n1nnnc1-c1ccc(N)c(Cl)c1. The van der Waals surface area contributed by atoms with Crippen LogP contribution in [0.3, 0.4) is 0 Å². The summed E-state index contributed by atoms with van der Waals surface area (Å²) in [7, 11) is 0. The summed E-state index contributed by atoms with van der Waals surface area (Å²) in [5.41, 5.74) is 7.14. The van der Waals surface area contributed by atoms with Crippen LogP contribution in [0.1, 0.15) is 41.0 Å². The van der Waals surface area contributed by atoms with Gasteiger partial charge < -0.3 is 5.73 Å². The molecule has 0 spiro atoms. The van der Waals surface area contributed by atoms with Gasteiger partial charge in [0, 0.05) is 5.56 Å². The number of anilines is 1. The van der Waals surface area contributed by atoms with Crippen LogP contribution in [0.4, 0.5) is 5.69 Å². The highest BCUT2D eigenvalue weighted by Crippen LogP contribution is 2.34. The van der Waals surface area contributed by atoms with Crippen molar-refractivity contribution in [2.45, 2.75) is 46.6 Å². The molecule has 114 valence electrons. The fourth-order valence-electron chi connectivity index (χ4n) is 2.81. The Bertz CT molecular complexity index is 640. The van der Waals surface area contributed by atoms with Gasteiger partial charge in [-0.2, -0.15) is 0 Å². The Kier molecular flexibility index (Phi) is 3.97. The van der Waals surface area contributed by atoms with Crippen molar-refractivity contribution in [3.05, 3.63) is 23.2 Å². The number of nitrogen functional groups attached to an aromatic ring is 1. The Morgan fingerprint density at radius 2 is 1.86 bits per heavy atom. The minimum Gasteiger partial charge on any atom is -0.398 e. The van der Waals surface area contributed by atoms with Crippen LogP contribution >= 0.6 is 11.6 Å². The van der Waals surface area contributed by atoms with Crippen molar-refractivity contribution >= 4 is 17.3 Å². The fourth-order valence-corrected chi connectivity index (χ4v) is 2.99. The quantitative estimate of drug-likeness (QED) is 0.877. The molecule has 1 aromatic heterocycles. The molecule has 1 heterocycles. The average molecular weight is 308 g/mol. The molecule has 0 radical (unpaired) electrons. The van der Waals surface area contributed by atoms with Crippen LogP contribution in [-0.4, -0.2) is 20.2 Å². The van der Waals surface area contributed by atoms with Gasteiger partial charge in [-0.25, -0.2) is 4.68 Å². The van der Waals surface area contributed by atoms with Gasteiger partial charge in [0.05, 0.1) is 16.2 Å². The Labute approximate surface area is 130 Å². The van der Waals surface area contributed by atoms with E-state index in [1.54, 1.807) is 12.1 Å². The molecule has 0 fully saturated rings. The van der Waals surface area contributed by atoms with E-state index in [4.69, 9.17) is 17.3 Å². The zero-order chi connectivity index (χ0) is 15.8. The third-order valence-corrected chi connectivity index (χ3v) is 3.59. The molecule has 2 rings (SSSR count). The van der Waals surface area contributed by atoms with Gasteiger partial charge in [0.25, 0.3) is 0 Å². The molecule has 0 bridgehead atoms. The van der Waals surface area contributed by atoms with Crippen LogP contribution < -0.4 is 5.73 Å². The molecule has 1 aromatic carbocycles. The summed E-state index contributed by atoms with van der Waals surface area (Å²) in [6, 6.07) is 5.45. The van der Waals surface area contributed by atoms with Crippen LogP contribution in [0.2, 0.25) is 5.02 Å². The lowest BCUT2D eigenvalue weighted by Gasteiger charge is -2.32. The van der Waals surface area contributed by atoms with E-state index in [2.05, 4.69) is 50.1 Å². The molecule has 0 aliphatic carbocycles. The Hall–Kier alpha value is -1.62. The molecule has 0 amide bonds. The van der Waals surface area contributed by atoms with Crippen molar-refractivity contribution in [1.82, 2.24) is 20.2 Å². The number of tetrazole rings is 1. The average Bonchev–Trinajstić information content (AvgIpc) is 2.79. The Morgan fingerprint density at radius 1 is 1.19 bits per heavy atom. The molecule has 0 saturated heterocycles. The molecule has 0 aliphatic heterocycles. The van der Waals surface area contributed by atoms with Crippen LogP contribution in [0.15, 0.2) is 18.2 Å². The van der Waals surface area contributed by atoms with Crippen LogP contribution in [-0.2, 0) is 5.54 Å². The predicted octanol–water partition coefficient (Wildman–Crippen LogP) is 3.75. The first-order valence-corrected chi connectivity index (χ1v) is 7.32. The van der Waals surface area contributed by atoms with E-state index in [1.807, 2.05) is 10.7 Å².